The summed E-state index contributed by atoms with van der Waals surface area (Å²) < 4.78 is 0. The Kier molecular flexibility index (Phi) is 4.30. The summed E-state index contributed by atoms with van der Waals surface area (Å²) in [6.07, 6.45) is 1.35. The molecule has 1 saturated heterocycles. The Balaban J connectivity index is 2.62. The van der Waals surface area contributed by atoms with Gasteiger partial charge in [0, 0.05) is 13.6 Å². The van der Waals surface area contributed by atoms with Crippen molar-refractivity contribution in [1.82, 2.24) is 15.5 Å². The summed E-state index contributed by atoms with van der Waals surface area (Å²) in [7, 11) is 1.51. The van der Waals surface area contributed by atoms with E-state index in [9.17, 15) is 14.4 Å². The maximum absolute atomic E-state index is 11.8. The average molecular weight is 243 g/mol. The Morgan fingerprint density at radius 1 is 1.41 bits per heavy atom. The van der Waals surface area contributed by atoms with Crippen LogP contribution in [0.4, 0.5) is 4.79 Å². The quantitative estimate of drug-likeness (QED) is 0.615. The third-order valence-corrected chi connectivity index (χ3v) is 2.77. The Bertz CT molecular complexity index is 332. The van der Waals surface area contributed by atoms with Crippen LogP contribution in [0.2, 0.25) is 0 Å². The lowest BCUT2D eigenvalue weighted by atomic mass is 10.2. The maximum atomic E-state index is 11.8. The second-order valence-corrected chi connectivity index (χ2v) is 3.98. The normalized spacial score (nSPS) is 20.8. The summed E-state index contributed by atoms with van der Waals surface area (Å²) in [6.45, 7) is 1.85. The lowest BCUT2D eigenvalue weighted by Crippen LogP contribution is -2.52. The Morgan fingerprint density at radius 2 is 2.06 bits per heavy atom. The van der Waals surface area contributed by atoms with Gasteiger partial charge >= 0.3 is 12.0 Å². The van der Waals surface area contributed by atoms with Gasteiger partial charge < -0.3 is 20.6 Å². The summed E-state index contributed by atoms with van der Waals surface area (Å²) >= 11 is 0. The molecular weight excluding hydrogens is 226 g/mol. The predicted octanol–water partition coefficient (Wildman–Crippen LogP) is -0.620. The number of carbonyl (C=O) groups is 3. The van der Waals surface area contributed by atoms with Crippen molar-refractivity contribution in [2.24, 2.45) is 0 Å². The van der Waals surface area contributed by atoms with Crippen molar-refractivity contribution in [2.75, 3.05) is 13.6 Å². The van der Waals surface area contributed by atoms with Crippen molar-refractivity contribution in [3.05, 3.63) is 0 Å². The Labute approximate surface area is 99.2 Å². The maximum Gasteiger partial charge on any atom is 0.325 e. The van der Waals surface area contributed by atoms with Crippen LogP contribution in [0.5, 0.6) is 0 Å². The molecule has 0 aromatic heterocycles. The molecule has 3 N–H and O–H groups in total. The SMILES string of the molecule is CNC(=O)C1CCCN1C(=O)N[C@@H](C)C(=O)O. The molecule has 3 amide bonds. The highest BCUT2D eigenvalue weighted by Crippen LogP contribution is 2.17. The standard InChI is InChI=1S/C10H17N3O4/c1-6(9(15)16)12-10(17)13-5-3-4-7(13)8(14)11-2/h6-7H,3-5H2,1-2H3,(H,11,14)(H,12,17)(H,15,16)/t6-,7?/m0/s1. The molecule has 0 aromatic rings. The minimum absolute atomic E-state index is 0.222. The van der Waals surface area contributed by atoms with Crippen LogP contribution in [0, 0.1) is 0 Å². The third-order valence-electron chi connectivity index (χ3n) is 2.77. The van der Waals surface area contributed by atoms with Crippen molar-refractivity contribution < 1.29 is 19.5 Å². The summed E-state index contributed by atoms with van der Waals surface area (Å²) in [5.41, 5.74) is 0. The first kappa shape index (κ1) is 13.3. The van der Waals surface area contributed by atoms with E-state index in [2.05, 4.69) is 10.6 Å². The first-order valence-electron chi connectivity index (χ1n) is 5.49. The molecule has 1 heterocycles. The number of aliphatic carboxylic acids is 1. The van der Waals surface area contributed by atoms with E-state index in [1.807, 2.05) is 0 Å². The summed E-state index contributed by atoms with van der Waals surface area (Å²) in [6, 6.07) is -1.97. The molecule has 0 bridgehead atoms. The van der Waals surface area contributed by atoms with Crippen LogP contribution in [0.1, 0.15) is 19.8 Å². The van der Waals surface area contributed by atoms with Gasteiger partial charge in [0.25, 0.3) is 0 Å². The van der Waals surface area contributed by atoms with Gasteiger partial charge in [-0.3, -0.25) is 9.59 Å². The Morgan fingerprint density at radius 3 is 2.59 bits per heavy atom. The number of urea groups is 1. The van der Waals surface area contributed by atoms with Crippen molar-refractivity contribution >= 4 is 17.9 Å². The molecule has 2 atom stereocenters. The number of nitrogens with one attached hydrogen (secondary N) is 2. The Hall–Kier alpha value is -1.79. The molecular formula is C10H17N3O4. The number of nitrogens with zero attached hydrogens (tertiary/aromatic N) is 1. The lowest BCUT2D eigenvalue weighted by molar-refractivity contribution is -0.138. The average Bonchev–Trinajstić information content (AvgIpc) is 2.76. The lowest BCUT2D eigenvalue weighted by Gasteiger charge is -2.24. The van der Waals surface area contributed by atoms with Crippen molar-refractivity contribution in [3.63, 3.8) is 0 Å². The van der Waals surface area contributed by atoms with Gasteiger partial charge in [0.2, 0.25) is 5.91 Å². The van der Waals surface area contributed by atoms with Crippen LogP contribution in [-0.2, 0) is 9.59 Å². The van der Waals surface area contributed by atoms with Gasteiger partial charge in [-0.05, 0) is 19.8 Å². The monoisotopic (exact) mass is 243 g/mol. The molecule has 1 aliphatic heterocycles. The third kappa shape index (κ3) is 3.08. The minimum Gasteiger partial charge on any atom is -0.480 e. The van der Waals surface area contributed by atoms with Crippen LogP contribution in [0.15, 0.2) is 0 Å². The zero-order valence-corrected chi connectivity index (χ0v) is 9.90. The zero-order valence-electron chi connectivity index (χ0n) is 9.90. The van der Waals surface area contributed by atoms with Crippen LogP contribution >= 0.6 is 0 Å². The summed E-state index contributed by atoms with van der Waals surface area (Å²) in [4.78, 5) is 35.2. The second kappa shape index (κ2) is 5.51. The van der Waals surface area contributed by atoms with Gasteiger partial charge in [0.05, 0.1) is 0 Å². The fourth-order valence-electron chi connectivity index (χ4n) is 1.78. The molecule has 0 saturated carbocycles. The number of amides is 3. The van der Waals surface area contributed by atoms with Crippen LogP contribution in [-0.4, -0.2) is 53.6 Å². The molecule has 0 aliphatic carbocycles. The van der Waals surface area contributed by atoms with E-state index in [1.54, 1.807) is 0 Å². The van der Waals surface area contributed by atoms with Gasteiger partial charge in [-0.15, -0.1) is 0 Å². The van der Waals surface area contributed by atoms with E-state index in [4.69, 9.17) is 5.11 Å². The molecule has 1 unspecified atom stereocenters. The number of likely N-dealkylation sites (N-methyl/N-ethyl adjacent to an activating group) is 1. The predicted molar refractivity (Wildman–Crippen MR) is 59.4 cm³/mol. The van der Waals surface area contributed by atoms with Gasteiger partial charge in [0.15, 0.2) is 0 Å². The summed E-state index contributed by atoms with van der Waals surface area (Å²) in [5.74, 6) is -1.32. The smallest absolute Gasteiger partial charge is 0.325 e. The zero-order chi connectivity index (χ0) is 13.0. The number of hydrogen-bond acceptors (Lipinski definition) is 3. The largest absolute Gasteiger partial charge is 0.480 e. The van der Waals surface area contributed by atoms with E-state index in [0.717, 1.165) is 6.42 Å². The minimum atomic E-state index is -1.10. The molecule has 17 heavy (non-hydrogen) atoms. The van der Waals surface area contributed by atoms with Crippen LogP contribution in [0.3, 0.4) is 0 Å². The molecule has 0 aromatic carbocycles. The van der Waals surface area contributed by atoms with E-state index >= 15 is 0 Å². The highest BCUT2D eigenvalue weighted by Gasteiger charge is 2.34. The van der Waals surface area contributed by atoms with Gasteiger partial charge in [-0.1, -0.05) is 0 Å². The first-order chi connectivity index (χ1) is 7.97. The van der Waals surface area contributed by atoms with Crippen molar-refractivity contribution in [1.29, 1.82) is 0 Å². The number of carbonyl (C=O) groups excluding carboxylic acids is 2. The molecule has 0 spiro atoms. The van der Waals surface area contributed by atoms with Gasteiger partial charge in [0.1, 0.15) is 12.1 Å². The number of rotatable bonds is 3. The van der Waals surface area contributed by atoms with Gasteiger partial charge in [-0.2, -0.15) is 0 Å². The van der Waals surface area contributed by atoms with E-state index in [0.29, 0.717) is 13.0 Å². The number of hydrogen-bond donors (Lipinski definition) is 3. The molecule has 96 valence electrons. The van der Waals surface area contributed by atoms with E-state index in [1.165, 1.54) is 18.9 Å². The fourth-order valence-corrected chi connectivity index (χ4v) is 1.78. The fraction of sp³-hybridized carbons (Fsp3) is 0.700. The van der Waals surface area contributed by atoms with Crippen molar-refractivity contribution in [2.45, 2.75) is 31.8 Å². The number of carboxylic acids is 1. The molecule has 7 heteroatoms. The first-order valence-corrected chi connectivity index (χ1v) is 5.49. The van der Waals surface area contributed by atoms with E-state index < -0.39 is 24.1 Å². The molecule has 7 nitrogen and oxygen atoms in total. The second-order valence-electron chi connectivity index (χ2n) is 3.98. The summed E-state index contributed by atoms with van der Waals surface area (Å²) in [5, 5.41) is 13.5. The number of carboxylic acid groups (broad SMARTS) is 1. The van der Waals surface area contributed by atoms with Crippen molar-refractivity contribution in [3.8, 4) is 0 Å². The van der Waals surface area contributed by atoms with Crippen LogP contribution < -0.4 is 10.6 Å². The topological polar surface area (TPSA) is 98.7 Å². The molecule has 0 radical (unpaired) electrons. The number of likely N-dealkylation sites (tertiary alicyclic amines) is 1. The highest BCUT2D eigenvalue weighted by molar-refractivity contribution is 5.89. The molecule has 1 fully saturated rings. The van der Waals surface area contributed by atoms with E-state index in [-0.39, 0.29) is 5.91 Å². The van der Waals surface area contributed by atoms with Gasteiger partial charge in [-0.25, -0.2) is 4.79 Å². The molecule has 1 aliphatic rings. The molecule has 1 rings (SSSR count). The highest BCUT2D eigenvalue weighted by atomic mass is 16.4. The van der Waals surface area contributed by atoms with Crippen LogP contribution in [0.25, 0.3) is 0 Å².